The second kappa shape index (κ2) is 4.74. The molecule has 2 rings (SSSR count). The first-order chi connectivity index (χ1) is 8.11. The summed E-state index contributed by atoms with van der Waals surface area (Å²) in [5.74, 6) is 0.670. The molecule has 0 N–H and O–H groups in total. The van der Waals surface area contributed by atoms with E-state index in [4.69, 9.17) is 4.74 Å². The number of aryl methyl sites for hydroxylation is 1. The van der Waals surface area contributed by atoms with E-state index < -0.39 is 0 Å². The fraction of sp³-hybridized carbons (Fsp3) is 0.400. The molecule has 0 aromatic heterocycles. The average molecular weight is 230 g/mol. The molecule has 2 nitrogen and oxygen atoms in total. The van der Waals surface area contributed by atoms with E-state index in [0.29, 0.717) is 12.2 Å². The number of ketones is 1. The van der Waals surface area contributed by atoms with Crippen molar-refractivity contribution in [2.75, 3.05) is 0 Å². The molecule has 0 amide bonds. The van der Waals surface area contributed by atoms with Crippen LogP contribution in [0.1, 0.15) is 44.4 Å². The average Bonchev–Trinajstić information content (AvgIpc) is 2.71. The lowest BCUT2D eigenvalue weighted by Crippen LogP contribution is -1.95. The van der Waals surface area contributed by atoms with Gasteiger partial charge in [0.2, 0.25) is 5.78 Å². The van der Waals surface area contributed by atoms with Crippen molar-refractivity contribution in [1.29, 1.82) is 0 Å². The first-order valence-electron chi connectivity index (χ1n) is 6.08. The molecular formula is C15H18O2. The number of benzene rings is 1. The van der Waals surface area contributed by atoms with Crippen molar-refractivity contribution in [2.24, 2.45) is 0 Å². The fourth-order valence-electron chi connectivity index (χ4n) is 2.06. The van der Waals surface area contributed by atoms with Crippen LogP contribution in [0.3, 0.4) is 0 Å². The minimum absolute atomic E-state index is 0.0988. The highest BCUT2D eigenvalue weighted by molar-refractivity contribution is 5.96. The normalized spacial score (nSPS) is 19.4. The summed E-state index contributed by atoms with van der Waals surface area (Å²) in [5.41, 5.74) is 3.36. The quantitative estimate of drug-likeness (QED) is 0.726. The molecule has 1 aromatic carbocycles. The lowest BCUT2D eigenvalue weighted by atomic mass is 10.0. The third-order valence-corrected chi connectivity index (χ3v) is 3.10. The van der Waals surface area contributed by atoms with E-state index in [-0.39, 0.29) is 11.9 Å². The van der Waals surface area contributed by atoms with Gasteiger partial charge in [-0.2, -0.15) is 0 Å². The van der Waals surface area contributed by atoms with Crippen LogP contribution in [0.2, 0.25) is 0 Å². The van der Waals surface area contributed by atoms with Crippen LogP contribution in [-0.4, -0.2) is 5.78 Å². The van der Waals surface area contributed by atoms with E-state index in [9.17, 15) is 4.79 Å². The predicted octanol–water partition coefficient (Wildman–Crippen LogP) is 3.57. The highest BCUT2D eigenvalue weighted by Gasteiger charge is 2.30. The second-order valence-electron chi connectivity index (χ2n) is 4.66. The summed E-state index contributed by atoms with van der Waals surface area (Å²) >= 11 is 0. The number of hydrogen-bond acceptors (Lipinski definition) is 2. The number of carbonyl (C=O) groups excluding carboxylic acids is 1. The predicted molar refractivity (Wildman–Crippen MR) is 67.6 cm³/mol. The molecule has 1 unspecified atom stereocenters. The van der Waals surface area contributed by atoms with Gasteiger partial charge < -0.3 is 4.74 Å². The zero-order valence-corrected chi connectivity index (χ0v) is 10.6. The third-order valence-electron chi connectivity index (χ3n) is 3.10. The third kappa shape index (κ3) is 2.41. The van der Waals surface area contributed by atoms with Gasteiger partial charge in [0.05, 0.1) is 6.42 Å². The summed E-state index contributed by atoms with van der Waals surface area (Å²) < 4.78 is 5.72. The Balaban J connectivity index is 2.20. The molecule has 2 heteroatoms. The number of hydrogen-bond donors (Lipinski definition) is 0. The Hall–Kier alpha value is -1.57. The van der Waals surface area contributed by atoms with Crippen molar-refractivity contribution in [3.05, 3.63) is 46.7 Å². The minimum atomic E-state index is -0.0988. The van der Waals surface area contributed by atoms with Crippen LogP contribution in [0.4, 0.5) is 0 Å². The zero-order chi connectivity index (χ0) is 12.4. The number of allylic oxidation sites excluding steroid dienone is 2. The van der Waals surface area contributed by atoms with Gasteiger partial charge in [0.15, 0.2) is 5.76 Å². The van der Waals surface area contributed by atoms with Gasteiger partial charge in [-0.25, -0.2) is 0 Å². The van der Waals surface area contributed by atoms with Gasteiger partial charge >= 0.3 is 0 Å². The SMILES string of the molecule is CCc1ccc(C2CC(=O)C(=C(C)C)O2)cc1. The van der Waals surface area contributed by atoms with Crippen LogP contribution in [-0.2, 0) is 16.0 Å². The summed E-state index contributed by atoms with van der Waals surface area (Å²) in [5, 5.41) is 0. The maximum atomic E-state index is 11.7. The van der Waals surface area contributed by atoms with Gasteiger partial charge in [0.1, 0.15) is 6.10 Å². The minimum Gasteiger partial charge on any atom is -0.482 e. The molecule has 1 atom stereocenters. The van der Waals surface area contributed by atoms with Crippen molar-refractivity contribution in [3.8, 4) is 0 Å². The van der Waals surface area contributed by atoms with Crippen LogP contribution < -0.4 is 0 Å². The molecule has 0 saturated carbocycles. The van der Waals surface area contributed by atoms with E-state index >= 15 is 0 Å². The molecule has 1 aromatic rings. The molecule has 90 valence electrons. The van der Waals surface area contributed by atoms with Crippen LogP contribution in [0.15, 0.2) is 35.6 Å². The van der Waals surface area contributed by atoms with Crippen molar-refractivity contribution in [1.82, 2.24) is 0 Å². The molecule has 0 radical (unpaired) electrons. The fourth-order valence-corrected chi connectivity index (χ4v) is 2.06. The van der Waals surface area contributed by atoms with Gasteiger partial charge in [-0.15, -0.1) is 0 Å². The lowest BCUT2D eigenvalue weighted by molar-refractivity contribution is -0.115. The summed E-state index contributed by atoms with van der Waals surface area (Å²) in [4.78, 5) is 11.7. The summed E-state index contributed by atoms with van der Waals surface area (Å²) in [6.07, 6.45) is 1.40. The smallest absolute Gasteiger partial charge is 0.201 e. The molecule has 1 fully saturated rings. The van der Waals surface area contributed by atoms with Gasteiger partial charge in [-0.05, 0) is 37.0 Å². The Kier molecular flexibility index (Phi) is 3.32. The molecule has 0 bridgehead atoms. The molecule has 0 spiro atoms. The van der Waals surface area contributed by atoms with Crippen LogP contribution >= 0.6 is 0 Å². The maximum absolute atomic E-state index is 11.7. The Morgan fingerprint density at radius 3 is 2.41 bits per heavy atom. The monoisotopic (exact) mass is 230 g/mol. The number of Topliss-reactive ketones (excluding diaryl/α,β-unsaturated/α-hetero) is 1. The van der Waals surface area contributed by atoms with Crippen LogP contribution in [0, 0.1) is 0 Å². The summed E-state index contributed by atoms with van der Waals surface area (Å²) in [7, 11) is 0. The van der Waals surface area contributed by atoms with E-state index in [1.807, 2.05) is 13.8 Å². The molecule has 1 heterocycles. The van der Waals surface area contributed by atoms with E-state index in [0.717, 1.165) is 17.6 Å². The van der Waals surface area contributed by atoms with Crippen LogP contribution in [0.25, 0.3) is 0 Å². The second-order valence-corrected chi connectivity index (χ2v) is 4.66. The van der Waals surface area contributed by atoms with Gasteiger partial charge in [0.25, 0.3) is 0 Å². The zero-order valence-electron chi connectivity index (χ0n) is 10.6. The van der Waals surface area contributed by atoms with E-state index in [1.165, 1.54) is 5.56 Å². The Bertz CT molecular complexity index is 450. The molecular weight excluding hydrogens is 212 g/mol. The first kappa shape index (κ1) is 11.9. The first-order valence-corrected chi connectivity index (χ1v) is 6.08. The van der Waals surface area contributed by atoms with E-state index in [1.54, 1.807) is 0 Å². The number of rotatable bonds is 2. The van der Waals surface area contributed by atoms with Gasteiger partial charge in [-0.1, -0.05) is 31.2 Å². The van der Waals surface area contributed by atoms with Gasteiger partial charge in [-0.3, -0.25) is 4.79 Å². The molecule has 17 heavy (non-hydrogen) atoms. The molecule has 1 saturated heterocycles. The topological polar surface area (TPSA) is 26.3 Å². The molecule has 1 aliphatic heterocycles. The van der Waals surface area contributed by atoms with Crippen molar-refractivity contribution in [2.45, 2.75) is 39.7 Å². The summed E-state index contributed by atoms with van der Waals surface area (Å²) in [6, 6.07) is 8.32. The lowest BCUT2D eigenvalue weighted by Gasteiger charge is -2.11. The maximum Gasteiger partial charge on any atom is 0.201 e. The van der Waals surface area contributed by atoms with Crippen molar-refractivity contribution in [3.63, 3.8) is 0 Å². The standard InChI is InChI=1S/C15H18O2/c1-4-11-5-7-12(8-6-11)14-9-13(16)15(17-14)10(2)3/h5-8,14H,4,9H2,1-3H3. The van der Waals surface area contributed by atoms with Crippen molar-refractivity contribution >= 4 is 5.78 Å². The molecule has 0 aliphatic carbocycles. The number of ether oxygens (including phenoxy) is 1. The van der Waals surface area contributed by atoms with Crippen LogP contribution in [0.5, 0.6) is 0 Å². The Morgan fingerprint density at radius 1 is 1.29 bits per heavy atom. The summed E-state index contributed by atoms with van der Waals surface area (Å²) in [6.45, 7) is 5.96. The number of carbonyl (C=O) groups is 1. The van der Waals surface area contributed by atoms with Crippen molar-refractivity contribution < 1.29 is 9.53 Å². The van der Waals surface area contributed by atoms with Gasteiger partial charge in [0, 0.05) is 0 Å². The largest absolute Gasteiger partial charge is 0.482 e. The Labute approximate surface area is 102 Å². The van der Waals surface area contributed by atoms with E-state index in [2.05, 4.69) is 31.2 Å². The molecule has 1 aliphatic rings. The highest BCUT2D eigenvalue weighted by atomic mass is 16.5. The highest BCUT2D eigenvalue weighted by Crippen LogP contribution is 2.33. The Morgan fingerprint density at radius 2 is 1.94 bits per heavy atom.